The first kappa shape index (κ1) is 23.2. The van der Waals surface area contributed by atoms with Crippen molar-refractivity contribution in [2.45, 2.75) is 6.42 Å². The first-order valence-corrected chi connectivity index (χ1v) is 11.9. The van der Waals surface area contributed by atoms with Gasteiger partial charge in [-0.2, -0.15) is 10.2 Å². The molecule has 0 N–H and O–H groups in total. The summed E-state index contributed by atoms with van der Waals surface area (Å²) in [7, 11) is 1.62. The molecule has 0 unspecified atom stereocenters. The second-order valence-electron chi connectivity index (χ2n) is 8.61. The first-order chi connectivity index (χ1) is 17.6. The fourth-order valence-corrected chi connectivity index (χ4v) is 4.48. The second kappa shape index (κ2) is 10.4. The fraction of sp³-hybridized carbons (Fsp3) is 0.207. The molecule has 0 atom stereocenters. The summed E-state index contributed by atoms with van der Waals surface area (Å²) >= 11 is 0. The average molecular weight is 479 g/mol. The number of hydrogen-bond acceptors (Lipinski definition) is 6. The number of rotatable bonds is 6. The number of hydrogen-bond donors (Lipinski definition) is 0. The maximum absolute atomic E-state index is 13.0. The van der Waals surface area contributed by atoms with Gasteiger partial charge in [0.1, 0.15) is 11.8 Å². The SMILES string of the molecule is COc1cccc(/C=C/c2nc(C#N)c(N3CCN(C(=O)Cc4cccc5ccccc45)CC3)o2)c1. The minimum absolute atomic E-state index is 0.103. The van der Waals surface area contributed by atoms with Gasteiger partial charge in [-0.15, -0.1) is 0 Å². The topological polar surface area (TPSA) is 82.6 Å². The summed E-state index contributed by atoms with van der Waals surface area (Å²) in [5, 5.41) is 11.9. The van der Waals surface area contributed by atoms with Gasteiger partial charge in [-0.05, 0) is 40.1 Å². The van der Waals surface area contributed by atoms with E-state index in [4.69, 9.17) is 9.15 Å². The van der Waals surface area contributed by atoms with Crippen LogP contribution in [-0.2, 0) is 11.2 Å². The molecule has 1 aliphatic rings. The van der Waals surface area contributed by atoms with E-state index in [0.29, 0.717) is 44.4 Å². The van der Waals surface area contributed by atoms with Crippen molar-refractivity contribution in [1.82, 2.24) is 9.88 Å². The number of ether oxygens (including phenoxy) is 1. The molecule has 1 fully saturated rings. The Kier molecular flexibility index (Phi) is 6.67. The molecule has 0 radical (unpaired) electrons. The fourth-order valence-electron chi connectivity index (χ4n) is 4.48. The number of methoxy groups -OCH3 is 1. The highest BCUT2D eigenvalue weighted by Crippen LogP contribution is 2.25. The molecule has 180 valence electrons. The van der Waals surface area contributed by atoms with Gasteiger partial charge in [0.15, 0.2) is 0 Å². The van der Waals surface area contributed by atoms with Crippen molar-refractivity contribution in [2.75, 3.05) is 38.2 Å². The minimum Gasteiger partial charge on any atom is -0.497 e. The largest absolute Gasteiger partial charge is 0.497 e. The van der Waals surface area contributed by atoms with Gasteiger partial charge in [0.2, 0.25) is 23.4 Å². The van der Waals surface area contributed by atoms with Crippen LogP contribution in [-0.4, -0.2) is 49.1 Å². The van der Waals surface area contributed by atoms with E-state index in [1.54, 1.807) is 13.2 Å². The molecular formula is C29H26N4O3. The Morgan fingerprint density at radius 3 is 2.64 bits per heavy atom. The lowest BCUT2D eigenvalue weighted by Gasteiger charge is -2.34. The number of nitrogens with zero attached hydrogens (tertiary/aromatic N) is 4. The van der Waals surface area contributed by atoms with Crippen molar-refractivity contribution in [1.29, 1.82) is 5.26 Å². The van der Waals surface area contributed by atoms with Crippen molar-refractivity contribution < 1.29 is 13.9 Å². The van der Waals surface area contributed by atoms with Gasteiger partial charge in [0, 0.05) is 32.3 Å². The molecule has 0 bridgehead atoms. The van der Waals surface area contributed by atoms with Crippen LogP contribution in [0.4, 0.5) is 5.88 Å². The van der Waals surface area contributed by atoms with Crippen LogP contribution in [0.1, 0.15) is 22.7 Å². The molecule has 0 saturated carbocycles. The number of amides is 1. The maximum Gasteiger partial charge on any atom is 0.235 e. The van der Waals surface area contributed by atoms with Crippen LogP contribution in [0.15, 0.2) is 71.1 Å². The molecule has 7 heteroatoms. The maximum atomic E-state index is 13.0. The van der Waals surface area contributed by atoms with Crippen molar-refractivity contribution in [3.63, 3.8) is 0 Å². The Balaban J connectivity index is 1.24. The van der Waals surface area contributed by atoms with Crippen molar-refractivity contribution >= 4 is 34.7 Å². The smallest absolute Gasteiger partial charge is 0.235 e. The van der Waals surface area contributed by atoms with Gasteiger partial charge in [-0.3, -0.25) is 4.79 Å². The zero-order valence-electron chi connectivity index (χ0n) is 20.1. The molecule has 36 heavy (non-hydrogen) atoms. The van der Waals surface area contributed by atoms with E-state index in [1.807, 2.05) is 64.4 Å². The third-order valence-electron chi connectivity index (χ3n) is 6.39. The third kappa shape index (κ3) is 4.93. The number of aromatic nitrogens is 1. The molecule has 1 amide bonds. The lowest BCUT2D eigenvalue weighted by Crippen LogP contribution is -2.49. The van der Waals surface area contributed by atoms with Gasteiger partial charge in [0.25, 0.3) is 0 Å². The first-order valence-electron chi connectivity index (χ1n) is 11.9. The molecule has 2 heterocycles. The van der Waals surface area contributed by atoms with Crippen LogP contribution in [0.25, 0.3) is 22.9 Å². The number of anilines is 1. The lowest BCUT2D eigenvalue weighted by atomic mass is 10.0. The van der Waals surface area contributed by atoms with E-state index in [9.17, 15) is 10.1 Å². The van der Waals surface area contributed by atoms with Crippen LogP contribution in [0, 0.1) is 11.3 Å². The Labute approximate surface area is 209 Å². The highest BCUT2D eigenvalue weighted by atomic mass is 16.5. The molecule has 1 saturated heterocycles. The Morgan fingerprint density at radius 2 is 1.83 bits per heavy atom. The molecular weight excluding hydrogens is 452 g/mol. The zero-order valence-corrected chi connectivity index (χ0v) is 20.1. The average Bonchev–Trinajstić information content (AvgIpc) is 3.36. The van der Waals surface area contributed by atoms with Gasteiger partial charge < -0.3 is 19.0 Å². The van der Waals surface area contributed by atoms with Gasteiger partial charge in [0.05, 0.1) is 13.5 Å². The Morgan fingerprint density at radius 1 is 1.06 bits per heavy atom. The van der Waals surface area contributed by atoms with E-state index in [0.717, 1.165) is 27.6 Å². The number of fused-ring (bicyclic) bond motifs is 1. The standard InChI is InChI=1S/C29H26N4O3/c1-35-24-10-4-6-21(18-24)12-13-27-31-26(20-30)29(36-27)33-16-14-32(15-17-33)28(34)19-23-9-5-8-22-7-2-3-11-25(22)23/h2-13,18H,14-17,19H2,1H3/b13-12+. The highest BCUT2D eigenvalue weighted by Gasteiger charge is 2.26. The predicted molar refractivity (Wildman–Crippen MR) is 140 cm³/mol. The number of carbonyl (C=O) groups excluding carboxylic acids is 1. The summed E-state index contributed by atoms with van der Waals surface area (Å²) in [6, 6.07) is 24.0. The van der Waals surface area contributed by atoms with Gasteiger partial charge >= 0.3 is 0 Å². The normalized spacial score (nSPS) is 13.8. The predicted octanol–water partition coefficient (Wildman–Crippen LogP) is 4.77. The van der Waals surface area contributed by atoms with Crippen molar-refractivity contribution in [3.8, 4) is 11.8 Å². The van der Waals surface area contributed by atoms with Crippen LogP contribution < -0.4 is 9.64 Å². The van der Waals surface area contributed by atoms with Crippen LogP contribution in [0.2, 0.25) is 0 Å². The third-order valence-corrected chi connectivity index (χ3v) is 6.39. The van der Waals surface area contributed by atoms with Crippen LogP contribution in [0.5, 0.6) is 5.75 Å². The minimum atomic E-state index is 0.103. The number of benzene rings is 3. The summed E-state index contributed by atoms with van der Waals surface area (Å²) in [6.45, 7) is 2.27. The highest BCUT2D eigenvalue weighted by molar-refractivity contribution is 5.90. The molecule has 5 rings (SSSR count). The van der Waals surface area contributed by atoms with Crippen LogP contribution in [0.3, 0.4) is 0 Å². The summed E-state index contributed by atoms with van der Waals surface area (Å²) in [5.41, 5.74) is 2.22. The Hall–Kier alpha value is -4.57. The van der Waals surface area contributed by atoms with Crippen LogP contribution >= 0.6 is 0 Å². The number of nitriles is 1. The summed E-state index contributed by atoms with van der Waals surface area (Å²) in [5.74, 6) is 1.67. The molecule has 1 aromatic heterocycles. The molecule has 4 aromatic rings. The summed E-state index contributed by atoms with van der Waals surface area (Å²) < 4.78 is 11.2. The molecule has 0 aliphatic carbocycles. The van der Waals surface area contributed by atoms with Gasteiger partial charge in [-0.25, -0.2) is 0 Å². The molecule has 3 aromatic carbocycles. The number of piperazine rings is 1. The summed E-state index contributed by atoms with van der Waals surface area (Å²) in [6.07, 6.45) is 3.97. The van der Waals surface area contributed by atoms with E-state index in [2.05, 4.69) is 29.3 Å². The molecule has 7 nitrogen and oxygen atoms in total. The van der Waals surface area contributed by atoms with Crippen molar-refractivity contribution in [3.05, 3.63) is 89.4 Å². The number of oxazole rings is 1. The van der Waals surface area contributed by atoms with Gasteiger partial charge in [-0.1, -0.05) is 54.6 Å². The Bertz CT molecular complexity index is 1450. The molecule has 1 aliphatic heterocycles. The van der Waals surface area contributed by atoms with E-state index in [1.165, 1.54) is 0 Å². The number of carbonyl (C=O) groups is 1. The summed E-state index contributed by atoms with van der Waals surface area (Å²) in [4.78, 5) is 21.2. The quantitative estimate of drug-likeness (QED) is 0.397. The monoisotopic (exact) mass is 478 g/mol. The van der Waals surface area contributed by atoms with E-state index in [-0.39, 0.29) is 11.6 Å². The zero-order chi connectivity index (χ0) is 24.9. The van der Waals surface area contributed by atoms with E-state index < -0.39 is 0 Å². The van der Waals surface area contributed by atoms with Crippen molar-refractivity contribution in [2.24, 2.45) is 0 Å². The van der Waals surface area contributed by atoms with E-state index >= 15 is 0 Å². The second-order valence-corrected chi connectivity index (χ2v) is 8.61. The molecule has 0 spiro atoms. The lowest BCUT2D eigenvalue weighted by molar-refractivity contribution is -0.130.